The quantitative estimate of drug-likeness (QED) is 0.176. The van der Waals surface area contributed by atoms with Gasteiger partial charge in [-0.05, 0) is 138 Å². The third-order valence-electron chi connectivity index (χ3n) is 11.4. The molecule has 0 bridgehead atoms. The fourth-order valence-electron chi connectivity index (χ4n) is 8.90. The highest BCUT2D eigenvalue weighted by Crippen LogP contribution is 2.41. The Balaban J connectivity index is 1.03. The molecule has 5 aromatic carbocycles. The highest BCUT2D eigenvalue weighted by molar-refractivity contribution is 7.20. The first-order valence-electron chi connectivity index (χ1n) is 18.3. The molecule has 244 valence electrons. The second-order valence-electron chi connectivity index (χ2n) is 14.2. The first-order chi connectivity index (χ1) is 25.3. The van der Waals surface area contributed by atoms with Gasteiger partial charge in [-0.1, -0.05) is 78.9 Å². The highest BCUT2D eigenvalue weighted by atomic mass is 32.1. The maximum absolute atomic E-state index is 2.55. The number of benzene rings is 5. The molecule has 8 aromatic rings. The van der Waals surface area contributed by atoms with Gasteiger partial charge in [0.1, 0.15) is 0 Å². The molecule has 2 nitrogen and oxygen atoms in total. The molecule has 0 amide bonds. The topological polar surface area (TPSA) is 9.86 Å². The highest BCUT2D eigenvalue weighted by Gasteiger charge is 2.21. The minimum Gasteiger partial charge on any atom is -0.313 e. The molecular formula is C48H36N2S. The average Bonchev–Trinajstić information content (AvgIpc) is 3.85. The summed E-state index contributed by atoms with van der Waals surface area (Å²) in [6, 6.07) is 39.3. The molecule has 0 N–H and O–H groups in total. The summed E-state index contributed by atoms with van der Waals surface area (Å²) in [5.41, 5.74) is 15.8. The second kappa shape index (κ2) is 11.4. The number of aromatic nitrogens is 2. The zero-order valence-electron chi connectivity index (χ0n) is 28.4. The predicted molar refractivity (Wildman–Crippen MR) is 219 cm³/mol. The van der Waals surface area contributed by atoms with E-state index >= 15 is 0 Å². The van der Waals surface area contributed by atoms with Gasteiger partial charge >= 0.3 is 0 Å². The zero-order valence-corrected chi connectivity index (χ0v) is 29.2. The van der Waals surface area contributed by atoms with Crippen molar-refractivity contribution in [3.63, 3.8) is 0 Å². The number of hydrogen-bond acceptors (Lipinski definition) is 1. The van der Waals surface area contributed by atoms with E-state index in [1.54, 1.807) is 0 Å². The van der Waals surface area contributed by atoms with Crippen LogP contribution in [0.1, 0.15) is 52.9 Å². The third kappa shape index (κ3) is 4.54. The number of para-hydroxylation sites is 1. The molecule has 0 saturated carbocycles. The average molecular weight is 673 g/mol. The van der Waals surface area contributed by atoms with Crippen molar-refractivity contribution < 1.29 is 0 Å². The third-order valence-corrected chi connectivity index (χ3v) is 12.5. The van der Waals surface area contributed by atoms with Crippen molar-refractivity contribution in [2.45, 2.75) is 38.5 Å². The van der Waals surface area contributed by atoms with Crippen molar-refractivity contribution in [1.82, 2.24) is 9.13 Å². The molecular weight excluding hydrogens is 637 g/mol. The first kappa shape index (κ1) is 29.1. The van der Waals surface area contributed by atoms with E-state index in [4.69, 9.17) is 0 Å². The van der Waals surface area contributed by atoms with Crippen LogP contribution in [-0.2, 0) is 12.8 Å². The summed E-state index contributed by atoms with van der Waals surface area (Å²) in [5.74, 6) is 0. The zero-order chi connectivity index (χ0) is 33.5. The number of nitrogens with zero attached hydrogens (tertiary/aromatic N) is 2. The maximum atomic E-state index is 2.55. The van der Waals surface area contributed by atoms with Crippen molar-refractivity contribution in [2.75, 3.05) is 0 Å². The second-order valence-corrected chi connectivity index (χ2v) is 15.3. The van der Waals surface area contributed by atoms with E-state index in [2.05, 4.69) is 155 Å². The van der Waals surface area contributed by atoms with Crippen LogP contribution in [0.15, 0.2) is 134 Å². The lowest BCUT2D eigenvalue weighted by atomic mass is 9.97. The number of fused-ring (bicyclic) bond motifs is 9. The molecule has 0 unspecified atom stereocenters. The van der Waals surface area contributed by atoms with Crippen LogP contribution in [0.3, 0.4) is 0 Å². The maximum Gasteiger partial charge on any atom is 0.0541 e. The molecule has 11 rings (SSSR count). The van der Waals surface area contributed by atoms with Crippen LogP contribution in [-0.4, -0.2) is 9.13 Å². The molecule has 3 aliphatic carbocycles. The van der Waals surface area contributed by atoms with Crippen molar-refractivity contribution in [3.05, 3.63) is 161 Å². The Morgan fingerprint density at radius 3 is 2.10 bits per heavy atom. The molecule has 0 spiro atoms. The van der Waals surface area contributed by atoms with Crippen LogP contribution in [0.25, 0.3) is 83.0 Å². The summed E-state index contributed by atoms with van der Waals surface area (Å²) >= 11 is 1.93. The van der Waals surface area contributed by atoms with Gasteiger partial charge < -0.3 is 9.13 Å². The summed E-state index contributed by atoms with van der Waals surface area (Å²) in [7, 11) is 0. The number of rotatable bonds is 4. The van der Waals surface area contributed by atoms with E-state index in [9.17, 15) is 0 Å². The molecule has 51 heavy (non-hydrogen) atoms. The van der Waals surface area contributed by atoms with Gasteiger partial charge in [0.2, 0.25) is 0 Å². The first-order valence-corrected chi connectivity index (χ1v) is 19.2. The smallest absolute Gasteiger partial charge is 0.0541 e. The van der Waals surface area contributed by atoms with Crippen LogP contribution < -0.4 is 0 Å². The Labute approximate surface area is 301 Å². The van der Waals surface area contributed by atoms with E-state index in [1.807, 2.05) is 11.3 Å². The number of hydrogen-bond donors (Lipinski definition) is 0. The lowest BCUT2D eigenvalue weighted by molar-refractivity contribution is 0.889. The molecule has 0 atom stereocenters. The molecule has 0 radical (unpaired) electrons. The van der Waals surface area contributed by atoms with E-state index in [0.717, 1.165) is 38.5 Å². The van der Waals surface area contributed by atoms with Crippen molar-refractivity contribution >= 4 is 71.9 Å². The summed E-state index contributed by atoms with van der Waals surface area (Å²) < 4.78 is 6.37. The predicted octanol–water partition coefficient (Wildman–Crippen LogP) is 13.3. The molecule has 3 heteroatoms. The van der Waals surface area contributed by atoms with Crippen LogP contribution in [0, 0.1) is 0 Å². The number of aryl methyl sites for hydroxylation is 1. The van der Waals surface area contributed by atoms with Gasteiger partial charge in [0.05, 0.1) is 16.6 Å². The van der Waals surface area contributed by atoms with Gasteiger partial charge in [-0.15, -0.1) is 11.3 Å². The van der Waals surface area contributed by atoms with Crippen LogP contribution in [0.5, 0.6) is 0 Å². The van der Waals surface area contributed by atoms with Gasteiger partial charge in [0, 0.05) is 48.4 Å². The van der Waals surface area contributed by atoms with E-state index in [-0.39, 0.29) is 0 Å². The number of allylic oxidation sites excluding steroid dienone is 6. The van der Waals surface area contributed by atoms with E-state index < -0.39 is 0 Å². The Hall–Kier alpha value is -5.64. The lowest BCUT2D eigenvalue weighted by Gasteiger charge is -2.14. The SMILES string of the molecule is C1=CCCC(c2ccc(-n3c4ccccc4c4cc(-c5ccc6c(c5)c5c(n6-c6ccc7sc8c(c7c6)CCC=C8)CCC=C5)ccc43)cc2)=C1. The molecule has 3 heterocycles. The molecule has 0 aliphatic heterocycles. The largest absolute Gasteiger partial charge is 0.313 e. The molecule has 0 fully saturated rings. The van der Waals surface area contributed by atoms with Crippen molar-refractivity contribution in [1.29, 1.82) is 0 Å². The normalized spacial score (nSPS) is 15.3. The Morgan fingerprint density at radius 1 is 0.510 bits per heavy atom. The Bertz CT molecular complexity index is 2840. The fraction of sp³-hybridized carbons (Fsp3) is 0.125. The fourth-order valence-corrected chi connectivity index (χ4v) is 10.1. The lowest BCUT2D eigenvalue weighted by Crippen LogP contribution is -2.03. The van der Waals surface area contributed by atoms with E-state index in [0.29, 0.717) is 0 Å². The van der Waals surface area contributed by atoms with Crippen molar-refractivity contribution in [2.24, 2.45) is 0 Å². The van der Waals surface area contributed by atoms with Crippen LogP contribution >= 0.6 is 11.3 Å². The monoisotopic (exact) mass is 672 g/mol. The van der Waals surface area contributed by atoms with Crippen LogP contribution in [0.4, 0.5) is 0 Å². The van der Waals surface area contributed by atoms with Crippen LogP contribution in [0.2, 0.25) is 0 Å². The van der Waals surface area contributed by atoms with Gasteiger partial charge in [-0.2, -0.15) is 0 Å². The summed E-state index contributed by atoms with van der Waals surface area (Å²) in [6.45, 7) is 0. The summed E-state index contributed by atoms with van der Waals surface area (Å²) in [5, 5.41) is 5.33. The van der Waals surface area contributed by atoms with Gasteiger partial charge in [0.15, 0.2) is 0 Å². The van der Waals surface area contributed by atoms with Gasteiger partial charge in [-0.25, -0.2) is 0 Å². The minimum atomic E-state index is 1.06. The molecule has 3 aromatic heterocycles. The Morgan fingerprint density at radius 2 is 1.24 bits per heavy atom. The number of thiophene rings is 1. The molecule has 3 aliphatic rings. The minimum absolute atomic E-state index is 1.06. The van der Waals surface area contributed by atoms with Gasteiger partial charge in [-0.3, -0.25) is 0 Å². The van der Waals surface area contributed by atoms with E-state index in [1.165, 1.54) is 98.1 Å². The molecule has 0 saturated heterocycles. The standard InChI is InChI=1S/C48H36N2S/c1-2-10-31(11-3-1)32-18-22-35(23-19-32)49-43-15-7-4-12-37(43)40-28-33(20-25-45(40)49)34-21-26-46-41(29-34)38-13-5-8-16-44(38)50(46)36-24-27-48-42(30-36)39-14-6-9-17-47(39)51-48/h1-2,4-5,7,9-10,12-13,15,17-30H,3,6,8,11,14,16H2. The van der Waals surface area contributed by atoms with Gasteiger partial charge in [0.25, 0.3) is 0 Å². The Kier molecular flexibility index (Phi) is 6.54. The van der Waals surface area contributed by atoms with Crippen molar-refractivity contribution in [3.8, 4) is 22.5 Å². The summed E-state index contributed by atoms with van der Waals surface area (Å²) in [6.07, 6.45) is 22.7. The summed E-state index contributed by atoms with van der Waals surface area (Å²) in [4.78, 5) is 1.43.